The molecule has 0 radical (unpaired) electrons. The molecule has 4 heteroatoms. The van der Waals surface area contributed by atoms with Crippen LogP contribution in [0.3, 0.4) is 0 Å². The summed E-state index contributed by atoms with van der Waals surface area (Å²) in [5, 5.41) is 0.542. The first-order valence-electron chi connectivity index (χ1n) is 3.62. The van der Waals surface area contributed by atoms with Crippen LogP contribution in [0.5, 0.6) is 0 Å². The van der Waals surface area contributed by atoms with E-state index in [4.69, 9.17) is 5.73 Å². The smallest absolute Gasteiger partial charge is 0.156 e. The molecule has 0 aliphatic heterocycles. The summed E-state index contributed by atoms with van der Waals surface area (Å²) in [6.07, 6.45) is 2.96. The lowest BCUT2D eigenvalue weighted by molar-refractivity contribution is 0.581. The van der Waals surface area contributed by atoms with E-state index in [2.05, 4.69) is 15.9 Å². The molecule has 1 aromatic carbocycles. The number of hydrogen-bond acceptors (Lipinski definition) is 1. The summed E-state index contributed by atoms with van der Waals surface area (Å²) in [6, 6.07) is 2.35. The number of anilines is 1. The fourth-order valence-electron chi connectivity index (χ4n) is 0.901. The van der Waals surface area contributed by atoms with E-state index in [-0.39, 0.29) is 11.3 Å². The van der Waals surface area contributed by atoms with Crippen LogP contribution in [0, 0.1) is 11.6 Å². The number of halogens is 3. The van der Waals surface area contributed by atoms with Crippen molar-refractivity contribution in [3.63, 3.8) is 0 Å². The first-order valence-corrected chi connectivity index (χ1v) is 4.75. The van der Waals surface area contributed by atoms with E-state index in [0.717, 1.165) is 6.07 Å². The van der Waals surface area contributed by atoms with Gasteiger partial charge < -0.3 is 5.73 Å². The van der Waals surface area contributed by atoms with Gasteiger partial charge in [0.1, 0.15) is 5.82 Å². The Bertz CT molecular complexity index is 337. The molecular formula is C9H8BrF2N. The van der Waals surface area contributed by atoms with E-state index in [1.54, 1.807) is 6.08 Å². The summed E-state index contributed by atoms with van der Waals surface area (Å²) >= 11 is 3.11. The first kappa shape index (κ1) is 10.2. The van der Waals surface area contributed by atoms with Crippen LogP contribution in [0.2, 0.25) is 0 Å². The van der Waals surface area contributed by atoms with Crippen molar-refractivity contribution < 1.29 is 8.78 Å². The number of nitrogens with two attached hydrogens (primary N) is 1. The highest BCUT2D eigenvalue weighted by molar-refractivity contribution is 9.09. The van der Waals surface area contributed by atoms with Crippen molar-refractivity contribution in [2.75, 3.05) is 11.1 Å². The van der Waals surface area contributed by atoms with Crippen molar-refractivity contribution in [1.29, 1.82) is 0 Å². The Morgan fingerprint density at radius 2 is 2.08 bits per heavy atom. The number of rotatable bonds is 2. The summed E-state index contributed by atoms with van der Waals surface area (Å²) in [5.74, 6) is -1.32. The standard InChI is InChI=1S/C9H8BrF2N/c10-5-1-2-6-7(11)3-4-8(13)9(6)12/h1-4H,5,13H2. The fraction of sp³-hybridized carbons (Fsp3) is 0.111. The predicted molar refractivity (Wildman–Crippen MR) is 53.6 cm³/mol. The van der Waals surface area contributed by atoms with Gasteiger partial charge in [0.2, 0.25) is 0 Å². The molecule has 1 nitrogen and oxygen atoms in total. The number of benzene rings is 1. The molecule has 0 aliphatic carbocycles. The molecule has 0 spiro atoms. The van der Waals surface area contributed by atoms with Crippen LogP contribution in [0.4, 0.5) is 14.5 Å². The monoisotopic (exact) mass is 247 g/mol. The zero-order valence-electron chi connectivity index (χ0n) is 6.73. The molecular weight excluding hydrogens is 240 g/mol. The minimum absolute atomic E-state index is 0.0457. The maximum absolute atomic E-state index is 13.2. The van der Waals surface area contributed by atoms with E-state index >= 15 is 0 Å². The highest BCUT2D eigenvalue weighted by Gasteiger charge is 2.08. The Morgan fingerprint density at radius 1 is 1.38 bits per heavy atom. The molecule has 1 aromatic rings. The van der Waals surface area contributed by atoms with Gasteiger partial charge in [-0.2, -0.15) is 0 Å². The van der Waals surface area contributed by atoms with Gasteiger partial charge in [0.25, 0.3) is 0 Å². The topological polar surface area (TPSA) is 26.0 Å². The van der Waals surface area contributed by atoms with Gasteiger partial charge in [0.05, 0.1) is 5.69 Å². The molecule has 70 valence electrons. The van der Waals surface area contributed by atoms with Crippen molar-refractivity contribution in [2.45, 2.75) is 0 Å². The molecule has 0 saturated heterocycles. The molecule has 0 aliphatic rings. The Balaban J connectivity index is 3.17. The van der Waals surface area contributed by atoms with E-state index < -0.39 is 11.6 Å². The average molecular weight is 248 g/mol. The van der Waals surface area contributed by atoms with Crippen molar-refractivity contribution >= 4 is 27.7 Å². The average Bonchev–Trinajstić information content (AvgIpc) is 2.12. The Hall–Kier alpha value is -0.900. The summed E-state index contributed by atoms with van der Waals surface area (Å²) in [7, 11) is 0. The van der Waals surface area contributed by atoms with Gasteiger partial charge in [-0.25, -0.2) is 8.78 Å². The van der Waals surface area contributed by atoms with Crippen molar-refractivity contribution in [3.05, 3.63) is 35.4 Å². The summed E-state index contributed by atoms with van der Waals surface area (Å²) in [5.41, 5.74) is 5.13. The zero-order chi connectivity index (χ0) is 9.84. The third-order valence-corrected chi connectivity index (χ3v) is 1.90. The zero-order valence-corrected chi connectivity index (χ0v) is 8.31. The minimum Gasteiger partial charge on any atom is -0.396 e. The van der Waals surface area contributed by atoms with Gasteiger partial charge in [-0.1, -0.05) is 28.1 Å². The number of hydrogen-bond donors (Lipinski definition) is 1. The molecule has 2 N–H and O–H groups in total. The lowest BCUT2D eigenvalue weighted by Gasteiger charge is -2.01. The van der Waals surface area contributed by atoms with E-state index in [1.165, 1.54) is 12.1 Å². The molecule has 0 unspecified atom stereocenters. The number of allylic oxidation sites excluding steroid dienone is 1. The van der Waals surface area contributed by atoms with Crippen LogP contribution in [-0.4, -0.2) is 5.33 Å². The largest absolute Gasteiger partial charge is 0.396 e. The normalized spacial score (nSPS) is 11.0. The van der Waals surface area contributed by atoms with Gasteiger partial charge in [0.15, 0.2) is 5.82 Å². The molecule has 0 aromatic heterocycles. The summed E-state index contributed by atoms with van der Waals surface area (Å²) in [4.78, 5) is 0. The second-order valence-electron chi connectivity index (χ2n) is 2.42. The maximum atomic E-state index is 13.2. The molecule has 0 fully saturated rings. The van der Waals surface area contributed by atoms with Gasteiger partial charge in [-0.3, -0.25) is 0 Å². The maximum Gasteiger partial charge on any atom is 0.156 e. The second kappa shape index (κ2) is 4.37. The van der Waals surface area contributed by atoms with E-state index in [1.807, 2.05) is 0 Å². The van der Waals surface area contributed by atoms with Crippen LogP contribution in [-0.2, 0) is 0 Å². The SMILES string of the molecule is Nc1ccc(F)c(C=CCBr)c1F. The fourth-order valence-corrected chi connectivity index (χ4v) is 1.09. The van der Waals surface area contributed by atoms with Crippen LogP contribution >= 0.6 is 15.9 Å². The van der Waals surface area contributed by atoms with Crippen LogP contribution in [0.25, 0.3) is 6.08 Å². The van der Waals surface area contributed by atoms with Gasteiger partial charge >= 0.3 is 0 Å². The Kier molecular flexibility index (Phi) is 3.42. The first-order chi connectivity index (χ1) is 6.16. The van der Waals surface area contributed by atoms with Crippen LogP contribution < -0.4 is 5.73 Å². The van der Waals surface area contributed by atoms with Crippen molar-refractivity contribution in [2.24, 2.45) is 0 Å². The molecule has 13 heavy (non-hydrogen) atoms. The van der Waals surface area contributed by atoms with E-state index in [9.17, 15) is 8.78 Å². The lowest BCUT2D eigenvalue weighted by Crippen LogP contribution is -1.96. The third kappa shape index (κ3) is 2.28. The Morgan fingerprint density at radius 3 is 2.69 bits per heavy atom. The van der Waals surface area contributed by atoms with Gasteiger partial charge in [-0.15, -0.1) is 0 Å². The minimum atomic E-state index is -0.711. The number of nitrogen functional groups attached to an aromatic ring is 1. The highest BCUT2D eigenvalue weighted by Crippen LogP contribution is 2.19. The molecule has 0 saturated carbocycles. The molecule has 0 bridgehead atoms. The van der Waals surface area contributed by atoms with E-state index in [0.29, 0.717) is 5.33 Å². The third-order valence-electron chi connectivity index (χ3n) is 1.53. The summed E-state index contributed by atoms with van der Waals surface area (Å²) in [6.45, 7) is 0. The quantitative estimate of drug-likeness (QED) is 0.632. The second-order valence-corrected chi connectivity index (χ2v) is 3.07. The van der Waals surface area contributed by atoms with Crippen LogP contribution in [0.15, 0.2) is 18.2 Å². The number of alkyl halides is 1. The van der Waals surface area contributed by atoms with Crippen LogP contribution in [0.1, 0.15) is 5.56 Å². The molecule has 0 heterocycles. The molecule has 0 atom stereocenters. The van der Waals surface area contributed by atoms with Gasteiger partial charge in [0, 0.05) is 10.9 Å². The highest BCUT2D eigenvalue weighted by atomic mass is 79.9. The Labute approximate surface area is 83.4 Å². The van der Waals surface area contributed by atoms with Crippen molar-refractivity contribution in [3.8, 4) is 0 Å². The molecule has 1 rings (SSSR count). The van der Waals surface area contributed by atoms with Crippen molar-refractivity contribution in [1.82, 2.24) is 0 Å². The predicted octanol–water partition coefficient (Wildman–Crippen LogP) is 2.96. The molecule has 0 amide bonds. The summed E-state index contributed by atoms with van der Waals surface area (Å²) < 4.78 is 26.1. The lowest BCUT2D eigenvalue weighted by atomic mass is 10.1. The van der Waals surface area contributed by atoms with Gasteiger partial charge in [-0.05, 0) is 12.1 Å².